The first-order valence-electron chi connectivity index (χ1n) is 8.99. The van der Waals surface area contributed by atoms with Crippen molar-refractivity contribution in [1.82, 2.24) is 9.97 Å². The average molecular weight is 424 g/mol. The van der Waals surface area contributed by atoms with Gasteiger partial charge in [-0.05, 0) is 37.1 Å². The number of hydrogen-bond donors (Lipinski definition) is 1. The third kappa shape index (κ3) is 4.23. The van der Waals surface area contributed by atoms with Crippen molar-refractivity contribution in [1.29, 1.82) is 0 Å². The van der Waals surface area contributed by atoms with Crippen molar-refractivity contribution in [3.05, 3.63) is 70.3 Å². The molecule has 1 amide bonds. The number of amides is 1. The minimum Gasteiger partial charge on any atom is -0.467 e. The second-order valence-corrected chi connectivity index (χ2v) is 7.97. The molecule has 5 nitrogen and oxygen atoms in total. The van der Waals surface area contributed by atoms with Gasteiger partial charge in [0, 0.05) is 21.7 Å². The van der Waals surface area contributed by atoms with Gasteiger partial charge in [0.25, 0.3) is 5.91 Å². The summed E-state index contributed by atoms with van der Waals surface area (Å²) >= 11 is 7.53. The Morgan fingerprint density at radius 1 is 1.14 bits per heavy atom. The highest BCUT2D eigenvalue weighted by molar-refractivity contribution is 7.17. The van der Waals surface area contributed by atoms with Crippen LogP contribution in [0.1, 0.15) is 11.1 Å². The lowest BCUT2D eigenvalue weighted by Gasteiger charge is -2.10. The van der Waals surface area contributed by atoms with Gasteiger partial charge in [-0.3, -0.25) is 4.79 Å². The van der Waals surface area contributed by atoms with E-state index in [1.165, 1.54) is 23.2 Å². The molecule has 0 radical (unpaired) electrons. The Hall–Kier alpha value is -2.96. The Morgan fingerprint density at radius 3 is 2.72 bits per heavy atom. The van der Waals surface area contributed by atoms with Gasteiger partial charge in [0.1, 0.15) is 11.2 Å². The van der Waals surface area contributed by atoms with Gasteiger partial charge in [-0.15, -0.1) is 11.3 Å². The fourth-order valence-corrected chi connectivity index (χ4v) is 4.03. The smallest absolute Gasteiger partial charge is 0.262 e. The molecular formula is C22H18ClN3O2S. The molecule has 0 spiro atoms. The summed E-state index contributed by atoms with van der Waals surface area (Å²) in [6, 6.07) is 13.6. The lowest BCUT2D eigenvalue weighted by molar-refractivity contribution is -0.118. The monoisotopic (exact) mass is 423 g/mol. The van der Waals surface area contributed by atoms with Crippen LogP contribution in [0.3, 0.4) is 0 Å². The number of aryl methyl sites for hydroxylation is 2. The quantitative estimate of drug-likeness (QED) is 0.450. The van der Waals surface area contributed by atoms with Crippen molar-refractivity contribution < 1.29 is 9.53 Å². The number of thiophene rings is 1. The third-order valence-corrected chi connectivity index (χ3v) is 5.63. The topological polar surface area (TPSA) is 64.1 Å². The second kappa shape index (κ2) is 8.19. The van der Waals surface area contributed by atoms with Gasteiger partial charge in [0.05, 0.1) is 5.39 Å². The Labute approximate surface area is 177 Å². The van der Waals surface area contributed by atoms with E-state index in [1.807, 2.05) is 25.3 Å². The summed E-state index contributed by atoms with van der Waals surface area (Å²) in [4.78, 5) is 21.8. The Kier molecular flexibility index (Phi) is 5.47. The molecule has 0 bridgehead atoms. The molecule has 4 rings (SSSR count). The molecule has 1 N–H and O–H groups in total. The van der Waals surface area contributed by atoms with Gasteiger partial charge < -0.3 is 10.1 Å². The first-order valence-corrected chi connectivity index (χ1v) is 10.2. The number of benzene rings is 2. The van der Waals surface area contributed by atoms with Gasteiger partial charge in [0.2, 0.25) is 5.88 Å². The van der Waals surface area contributed by atoms with E-state index in [4.69, 9.17) is 16.3 Å². The van der Waals surface area contributed by atoms with Crippen LogP contribution in [0.4, 0.5) is 5.69 Å². The Morgan fingerprint density at radius 2 is 1.93 bits per heavy atom. The predicted octanol–water partition coefficient (Wildman–Crippen LogP) is 5.65. The van der Waals surface area contributed by atoms with E-state index in [2.05, 4.69) is 39.6 Å². The lowest BCUT2D eigenvalue weighted by atomic mass is 10.0. The fraction of sp³-hybridized carbons (Fsp3) is 0.136. The van der Waals surface area contributed by atoms with Crippen LogP contribution in [0, 0.1) is 13.8 Å². The number of rotatable bonds is 5. The van der Waals surface area contributed by atoms with E-state index in [1.54, 1.807) is 12.1 Å². The van der Waals surface area contributed by atoms with E-state index in [0.717, 1.165) is 26.9 Å². The molecule has 2 aromatic heterocycles. The molecule has 2 aromatic carbocycles. The summed E-state index contributed by atoms with van der Waals surface area (Å²) < 4.78 is 5.78. The standard InChI is InChI=1S/C22H18ClN3O2S/c1-13-3-6-15(7-4-13)17-11-29-22-20(17)21(24-12-25-22)28-10-19(27)26-18-9-16(23)8-5-14(18)2/h3-9,11-12H,10H2,1-2H3,(H,26,27). The number of nitrogens with one attached hydrogen (secondary N) is 1. The maximum atomic E-state index is 12.4. The zero-order valence-electron chi connectivity index (χ0n) is 15.9. The highest BCUT2D eigenvalue weighted by atomic mass is 35.5. The van der Waals surface area contributed by atoms with Crippen LogP contribution in [0.5, 0.6) is 5.88 Å². The van der Waals surface area contributed by atoms with Crippen molar-refractivity contribution in [3.8, 4) is 17.0 Å². The number of halogens is 1. The van der Waals surface area contributed by atoms with Gasteiger partial charge in [-0.1, -0.05) is 47.5 Å². The largest absolute Gasteiger partial charge is 0.467 e. The molecule has 146 valence electrons. The molecule has 0 aliphatic heterocycles. The zero-order valence-corrected chi connectivity index (χ0v) is 17.5. The van der Waals surface area contributed by atoms with E-state index >= 15 is 0 Å². The maximum absolute atomic E-state index is 12.4. The van der Waals surface area contributed by atoms with E-state index in [-0.39, 0.29) is 12.5 Å². The first kappa shape index (κ1) is 19.4. The number of hydrogen-bond acceptors (Lipinski definition) is 5. The van der Waals surface area contributed by atoms with Crippen LogP contribution >= 0.6 is 22.9 Å². The molecule has 2 heterocycles. The minimum absolute atomic E-state index is 0.165. The fourth-order valence-electron chi connectivity index (χ4n) is 2.95. The summed E-state index contributed by atoms with van der Waals surface area (Å²) in [6.45, 7) is 3.79. The summed E-state index contributed by atoms with van der Waals surface area (Å²) in [6.07, 6.45) is 1.45. The van der Waals surface area contributed by atoms with Gasteiger partial charge in [-0.25, -0.2) is 9.97 Å². The normalized spacial score (nSPS) is 10.9. The van der Waals surface area contributed by atoms with Gasteiger partial charge in [0.15, 0.2) is 6.61 Å². The minimum atomic E-state index is -0.283. The van der Waals surface area contributed by atoms with E-state index < -0.39 is 0 Å². The highest BCUT2D eigenvalue weighted by Crippen LogP contribution is 2.37. The molecular weight excluding hydrogens is 406 g/mol. The zero-order chi connectivity index (χ0) is 20.4. The Bertz CT molecular complexity index is 1190. The number of aromatic nitrogens is 2. The summed E-state index contributed by atoms with van der Waals surface area (Å²) in [5.41, 5.74) is 4.82. The van der Waals surface area contributed by atoms with Gasteiger partial charge in [-0.2, -0.15) is 0 Å². The molecule has 0 atom stereocenters. The number of ether oxygens (including phenoxy) is 1. The van der Waals surface area contributed by atoms with Crippen LogP contribution in [-0.2, 0) is 4.79 Å². The average Bonchev–Trinajstić information content (AvgIpc) is 3.14. The molecule has 7 heteroatoms. The second-order valence-electron chi connectivity index (χ2n) is 6.67. The molecule has 0 saturated carbocycles. The molecule has 0 unspecified atom stereocenters. The first-order chi connectivity index (χ1) is 14.0. The maximum Gasteiger partial charge on any atom is 0.262 e. The molecule has 29 heavy (non-hydrogen) atoms. The van der Waals surface area contributed by atoms with Crippen LogP contribution in [0.2, 0.25) is 5.02 Å². The summed E-state index contributed by atoms with van der Waals surface area (Å²) in [5, 5.41) is 6.23. The molecule has 0 saturated heterocycles. The number of carbonyl (C=O) groups is 1. The number of anilines is 1. The van der Waals surface area contributed by atoms with Crippen LogP contribution in [0.25, 0.3) is 21.3 Å². The van der Waals surface area contributed by atoms with Gasteiger partial charge >= 0.3 is 0 Å². The predicted molar refractivity (Wildman–Crippen MR) is 118 cm³/mol. The van der Waals surface area contributed by atoms with Crippen molar-refractivity contribution >= 4 is 44.7 Å². The van der Waals surface area contributed by atoms with Crippen molar-refractivity contribution in [2.24, 2.45) is 0 Å². The number of fused-ring (bicyclic) bond motifs is 1. The molecule has 0 fully saturated rings. The van der Waals surface area contributed by atoms with Crippen LogP contribution in [-0.4, -0.2) is 22.5 Å². The van der Waals surface area contributed by atoms with Crippen molar-refractivity contribution in [2.75, 3.05) is 11.9 Å². The third-order valence-electron chi connectivity index (χ3n) is 4.51. The lowest BCUT2D eigenvalue weighted by Crippen LogP contribution is -2.21. The summed E-state index contributed by atoms with van der Waals surface area (Å²) in [7, 11) is 0. The van der Waals surface area contributed by atoms with Crippen molar-refractivity contribution in [3.63, 3.8) is 0 Å². The number of nitrogens with zero attached hydrogens (tertiary/aromatic N) is 2. The molecule has 0 aliphatic carbocycles. The number of carbonyl (C=O) groups excluding carboxylic acids is 1. The van der Waals surface area contributed by atoms with E-state index in [9.17, 15) is 4.79 Å². The molecule has 4 aromatic rings. The molecule has 0 aliphatic rings. The summed E-state index contributed by atoms with van der Waals surface area (Å²) in [5.74, 6) is 0.110. The van der Waals surface area contributed by atoms with Crippen LogP contribution in [0.15, 0.2) is 54.2 Å². The van der Waals surface area contributed by atoms with Crippen molar-refractivity contribution in [2.45, 2.75) is 13.8 Å². The SMILES string of the molecule is Cc1ccc(-c2csc3ncnc(OCC(=O)Nc4cc(Cl)ccc4C)c23)cc1. The highest BCUT2D eigenvalue weighted by Gasteiger charge is 2.15. The van der Waals surface area contributed by atoms with Crippen LogP contribution < -0.4 is 10.1 Å². The van der Waals surface area contributed by atoms with E-state index in [0.29, 0.717) is 16.6 Å². The Balaban J connectivity index is 1.56.